The van der Waals surface area contributed by atoms with Crippen molar-refractivity contribution in [2.24, 2.45) is 0 Å². The fraction of sp³-hybridized carbons (Fsp3) is 0.500. The van der Waals surface area contributed by atoms with E-state index in [2.05, 4.69) is 0 Å². The van der Waals surface area contributed by atoms with E-state index in [0.717, 1.165) is 0 Å². The van der Waals surface area contributed by atoms with Crippen LogP contribution in [-0.4, -0.2) is 47.6 Å². The number of carbonyl (C=O) groups is 4. The quantitative estimate of drug-likeness (QED) is 0.430. The van der Waals surface area contributed by atoms with Crippen molar-refractivity contribution in [1.82, 2.24) is 0 Å². The molecular formula is C8H14O6. The predicted molar refractivity (Wildman–Crippen MR) is 47.7 cm³/mol. The third-order valence-electron chi connectivity index (χ3n) is 0.463. The molecule has 0 amide bonds. The molecule has 0 saturated carbocycles. The van der Waals surface area contributed by atoms with Crippen molar-refractivity contribution in [2.75, 3.05) is 13.2 Å². The van der Waals surface area contributed by atoms with Crippen LogP contribution in [0.4, 0.5) is 0 Å². The lowest BCUT2D eigenvalue weighted by Crippen LogP contribution is -1.93. The Morgan fingerprint density at radius 3 is 1.36 bits per heavy atom. The Hall–Kier alpha value is -1.40. The summed E-state index contributed by atoms with van der Waals surface area (Å²) in [4.78, 5) is 37.1. The molecule has 6 nitrogen and oxygen atoms in total. The Bertz CT molecular complexity index is 175. The summed E-state index contributed by atoms with van der Waals surface area (Å²) >= 11 is 0. The van der Waals surface area contributed by atoms with Gasteiger partial charge in [-0.15, -0.1) is 0 Å². The van der Waals surface area contributed by atoms with Gasteiger partial charge in [0.05, 0.1) is 6.61 Å². The number of hydrogen-bond acceptors (Lipinski definition) is 6. The van der Waals surface area contributed by atoms with Crippen LogP contribution < -0.4 is 0 Å². The molecule has 0 heterocycles. The highest BCUT2D eigenvalue weighted by atomic mass is 16.3. The second-order valence-corrected chi connectivity index (χ2v) is 1.94. The summed E-state index contributed by atoms with van der Waals surface area (Å²) in [6.45, 7) is 1.85. The van der Waals surface area contributed by atoms with Gasteiger partial charge in [0.2, 0.25) is 0 Å². The van der Waals surface area contributed by atoms with E-state index in [9.17, 15) is 9.59 Å². The summed E-state index contributed by atoms with van der Waals surface area (Å²) in [7, 11) is 0. The van der Waals surface area contributed by atoms with E-state index in [-0.39, 0.29) is 25.3 Å². The molecule has 0 rings (SSSR count). The SMILES string of the molecule is CC(=O)C=O.CC(=O)CO.O=CCO. The highest BCUT2D eigenvalue weighted by molar-refractivity contribution is 6.23. The first-order chi connectivity index (χ1) is 6.45. The average Bonchev–Trinajstić information content (AvgIpc) is 2.19. The number of rotatable bonds is 3. The summed E-state index contributed by atoms with van der Waals surface area (Å²) < 4.78 is 0. The van der Waals surface area contributed by atoms with Crippen molar-refractivity contribution in [2.45, 2.75) is 13.8 Å². The van der Waals surface area contributed by atoms with Crippen LogP contribution in [0.25, 0.3) is 0 Å². The fourth-order valence-corrected chi connectivity index (χ4v) is 0. The molecule has 0 fully saturated rings. The Morgan fingerprint density at radius 2 is 1.36 bits per heavy atom. The van der Waals surface area contributed by atoms with E-state index in [1.807, 2.05) is 0 Å². The number of hydrogen-bond donors (Lipinski definition) is 2. The van der Waals surface area contributed by atoms with Gasteiger partial charge in [-0.1, -0.05) is 0 Å². The normalized spacial score (nSPS) is 6.86. The minimum absolute atomic E-state index is 0.190. The number of aldehydes is 2. The maximum absolute atomic E-state index is 9.56. The maximum Gasteiger partial charge on any atom is 0.192 e. The molecule has 2 N–H and O–H groups in total. The van der Waals surface area contributed by atoms with E-state index >= 15 is 0 Å². The standard InChI is InChI=1S/C3H6O2.C3H4O2.C2H4O2/c2*1-3(5)2-4;3-1-2-4/h4H,2H2,1H3;2H,1H3;1,4H,2H2. The molecule has 0 atom stereocenters. The zero-order valence-electron chi connectivity index (χ0n) is 8.10. The highest BCUT2D eigenvalue weighted by Gasteiger charge is 1.78. The monoisotopic (exact) mass is 206 g/mol. The van der Waals surface area contributed by atoms with Gasteiger partial charge in [0.25, 0.3) is 0 Å². The molecule has 0 unspecified atom stereocenters. The first-order valence-corrected chi connectivity index (χ1v) is 3.56. The maximum atomic E-state index is 9.56. The molecule has 6 heteroatoms. The first kappa shape index (κ1) is 18.4. The molecule has 0 radical (unpaired) electrons. The molecule has 0 aliphatic carbocycles. The van der Waals surface area contributed by atoms with Crippen molar-refractivity contribution in [1.29, 1.82) is 0 Å². The van der Waals surface area contributed by atoms with E-state index in [1.165, 1.54) is 13.8 Å². The zero-order valence-corrected chi connectivity index (χ0v) is 8.10. The van der Waals surface area contributed by atoms with Crippen LogP contribution in [0, 0.1) is 0 Å². The molecule has 0 aliphatic heterocycles. The molecule has 82 valence electrons. The van der Waals surface area contributed by atoms with Crippen LogP contribution >= 0.6 is 0 Å². The van der Waals surface area contributed by atoms with Crippen molar-refractivity contribution >= 4 is 24.1 Å². The van der Waals surface area contributed by atoms with Crippen LogP contribution in [0.2, 0.25) is 0 Å². The van der Waals surface area contributed by atoms with Gasteiger partial charge in [-0.2, -0.15) is 0 Å². The van der Waals surface area contributed by atoms with Crippen molar-refractivity contribution in [3.63, 3.8) is 0 Å². The van der Waals surface area contributed by atoms with E-state index in [1.54, 1.807) is 0 Å². The van der Waals surface area contributed by atoms with Crippen LogP contribution in [0.1, 0.15) is 13.8 Å². The summed E-state index contributed by atoms with van der Waals surface area (Å²) in [6.07, 6.45) is 0.708. The van der Waals surface area contributed by atoms with Gasteiger partial charge in [-0.05, 0) is 6.92 Å². The Morgan fingerprint density at radius 1 is 1.14 bits per heavy atom. The molecular weight excluding hydrogens is 192 g/mol. The topological polar surface area (TPSA) is 109 Å². The second-order valence-electron chi connectivity index (χ2n) is 1.94. The Kier molecular flexibility index (Phi) is 23.2. The summed E-state index contributed by atoms with van der Waals surface area (Å²) in [6, 6.07) is 0. The molecule has 0 saturated heterocycles. The lowest BCUT2D eigenvalue weighted by Gasteiger charge is -1.72. The average molecular weight is 206 g/mol. The summed E-state index contributed by atoms with van der Waals surface area (Å²) in [5, 5.41) is 15.3. The highest BCUT2D eigenvalue weighted by Crippen LogP contribution is 1.55. The first-order valence-electron chi connectivity index (χ1n) is 3.56. The zero-order chi connectivity index (χ0) is 12.0. The number of aliphatic hydroxyl groups is 2. The molecule has 0 spiro atoms. The molecule has 0 aromatic rings. The molecule has 0 aromatic carbocycles. The fourth-order valence-electron chi connectivity index (χ4n) is 0. The van der Waals surface area contributed by atoms with Crippen LogP contribution in [0.15, 0.2) is 0 Å². The Labute approximate surface area is 81.5 Å². The van der Waals surface area contributed by atoms with Crippen LogP contribution in [-0.2, 0) is 19.2 Å². The minimum Gasteiger partial charge on any atom is -0.389 e. The lowest BCUT2D eigenvalue weighted by atomic mass is 10.5. The molecule has 14 heavy (non-hydrogen) atoms. The minimum atomic E-state index is -0.426. The summed E-state index contributed by atoms with van der Waals surface area (Å²) in [5.74, 6) is -0.616. The number of carbonyl (C=O) groups excluding carboxylic acids is 4. The number of aliphatic hydroxyl groups excluding tert-OH is 2. The smallest absolute Gasteiger partial charge is 0.192 e. The Balaban J connectivity index is -0.000000131. The van der Waals surface area contributed by atoms with Crippen molar-refractivity contribution in [3.8, 4) is 0 Å². The van der Waals surface area contributed by atoms with Crippen LogP contribution in [0.5, 0.6) is 0 Å². The second kappa shape index (κ2) is 17.6. The summed E-state index contributed by atoms with van der Waals surface area (Å²) in [5.41, 5.74) is 0. The van der Waals surface area contributed by atoms with Gasteiger partial charge in [-0.25, -0.2) is 0 Å². The number of Topliss-reactive ketones (excluding diaryl/α,β-unsaturated/α-hetero) is 2. The largest absolute Gasteiger partial charge is 0.389 e. The molecule has 0 aromatic heterocycles. The van der Waals surface area contributed by atoms with E-state index < -0.39 is 5.78 Å². The van der Waals surface area contributed by atoms with E-state index in [0.29, 0.717) is 6.29 Å². The molecule has 0 aliphatic rings. The van der Waals surface area contributed by atoms with Crippen molar-refractivity contribution in [3.05, 3.63) is 0 Å². The van der Waals surface area contributed by atoms with Gasteiger partial charge < -0.3 is 15.0 Å². The lowest BCUT2D eigenvalue weighted by molar-refractivity contribution is -0.128. The van der Waals surface area contributed by atoms with Gasteiger partial charge >= 0.3 is 0 Å². The predicted octanol–water partition coefficient (Wildman–Crippen LogP) is -1.48. The number of ketones is 2. The van der Waals surface area contributed by atoms with Gasteiger partial charge in [-0.3, -0.25) is 14.4 Å². The van der Waals surface area contributed by atoms with E-state index in [4.69, 9.17) is 19.8 Å². The van der Waals surface area contributed by atoms with Crippen molar-refractivity contribution < 1.29 is 29.4 Å². The molecule has 0 bridgehead atoms. The third-order valence-corrected chi connectivity index (χ3v) is 0.463. The van der Waals surface area contributed by atoms with Gasteiger partial charge in [0.15, 0.2) is 17.9 Å². The van der Waals surface area contributed by atoms with Gasteiger partial charge in [0, 0.05) is 6.92 Å². The van der Waals surface area contributed by atoms with Gasteiger partial charge in [0.1, 0.15) is 12.9 Å². The third kappa shape index (κ3) is 75.4. The van der Waals surface area contributed by atoms with Crippen LogP contribution in [0.3, 0.4) is 0 Å².